The van der Waals surface area contributed by atoms with Gasteiger partial charge in [0.25, 0.3) is 0 Å². The van der Waals surface area contributed by atoms with Crippen LogP contribution in [0.25, 0.3) is 0 Å². The molecule has 3 nitrogen and oxygen atoms in total. The Labute approximate surface area is 103 Å². The quantitative estimate of drug-likeness (QED) is 0.770. The first-order valence-corrected chi connectivity index (χ1v) is 5.89. The first kappa shape index (κ1) is 13.7. The number of nitrogens with one attached hydrogen (secondary N) is 1. The Kier molecular flexibility index (Phi) is 4.70. The lowest BCUT2D eigenvalue weighted by atomic mass is 10.1. The van der Waals surface area contributed by atoms with E-state index in [4.69, 9.17) is 4.74 Å². The van der Waals surface area contributed by atoms with E-state index in [-0.39, 0.29) is 11.3 Å². The van der Waals surface area contributed by atoms with E-state index >= 15 is 0 Å². The lowest BCUT2D eigenvalue weighted by Crippen LogP contribution is -2.35. The van der Waals surface area contributed by atoms with Crippen LogP contribution in [0.5, 0.6) is 0 Å². The van der Waals surface area contributed by atoms with Crippen molar-refractivity contribution in [1.82, 2.24) is 0 Å². The van der Waals surface area contributed by atoms with Gasteiger partial charge in [0.1, 0.15) is 0 Å². The first-order chi connectivity index (χ1) is 7.98. The third-order valence-corrected chi connectivity index (χ3v) is 2.52. The molecule has 0 bridgehead atoms. The number of anilines is 1. The Hall–Kier alpha value is -1.35. The topological polar surface area (TPSA) is 38.3 Å². The molecular weight excluding hydrogens is 214 g/mol. The fraction of sp³-hybridized carbons (Fsp3) is 0.500. The lowest BCUT2D eigenvalue weighted by Gasteiger charge is -2.26. The summed E-state index contributed by atoms with van der Waals surface area (Å²) >= 11 is 0. The van der Waals surface area contributed by atoms with Crippen molar-refractivity contribution >= 4 is 11.5 Å². The van der Waals surface area contributed by atoms with Crippen LogP contribution >= 0.6 is 0 Å². The van der Waals surface area contributed by atoms with Crippen LogP contribution in [0.4, 0.5) is 5.69 Å². The molecule has 3 heteroatoms. The molecule has 0 radical (unpaired) electrons. The average molecular weight is 235 g/mol. The minimum absolute atomic E-state index is 0.120. The van der Waals surface area contributed by atoms with Crippen LogP contribution in [0.15, 0.2) is 24.3 Å². The van der Waals surface area contributed by atoms with Crippen LogP contribution in [0, 0.1) is 0 Å². The molecular formula is C14H21NO2. The predicted octanol–water partition coefficient (Wildman–Crippen LogP) is 3.12. The SMILES string of the molecule is CCC(=O)c1ccc(NC(C)(C)COC)cc1. The summed E-state index contributed by atoms with van der Waals surface area (Å²) < 4.78 is 5.14. The second-order valence-corrected chi connectivity index (χ2v) is 4.80. The third kappa shape index (κ3) is 4.19. The van der Waals surface area contributed by atoms with Crippen molar-refractivity contribution in [2.24, 2.45) is 0 Å². The van der Waals surface area contributed by atoms with Crippen LogP contribution in [-0.2, 0) is 4.74 Å². The van der Waals surface area contributed by atoms with E-state index in [1.807, 2.05) is 31.2 Å². The Balaban J connectivity index is 2.71. The monoisotopic (exact) mass is 235 g/mol. The summed E-state index contributed by atoms with van der Waals surface area (Å²) in [7, 11) is 1.69. The Morgan fingerprint density at radius 1 is 1.29 bits per heavy atom. The number of carbonyl (C=O) groups is 1. The van der Waals surface area contributed by atoms with Crippen LogP contribution in [0.2, 0.25) is 0 Å². The number of methoxy groups -OCH3 is 1. The van der Waals surface area contributed by atoms with Crippen LogP contribution < -0.4 is 5.32 Å². The van der Waals surface area contributed by atoms with Crippen LogP contribution in [-0.4, -0.2) is 25.0 Å². The molecule has 0 spiro atoms. The Morgan fingerprint density at radius 3 is 2.35 bits per heavy atom. The summed E-state index contributed by atoms with van der Waals surface area (Å²) in [6, 6.07) is 7.58. The number of ether oxygens (including phenoxy) is 1. The zero-order valence-corrected chi connectivity index (χ0v) is 11.0. The normalized spacial score (nSPS) is 11.3. The molecule has 0 unspecified atom stereocenters. The van der Waals surface area contributed by atoms with E-state index in [0.29, 0.717) is 13.0 Å². The predicted molar refractivity (Wildman–Crippen MR) is 70.6 cm³/mol. The van der Waals surface area contributed by atoms with E-state index in [1.165, 1.54) is 0 Å². The number of hydrogen-bond acceptors (Lipinski definition) is 3. The van der Waals surface area contributed by atoms with Crippen molar-refractivity contribution in [2.75, 3.05) is 19.0 Å². The smallest absolute Gasteiger partial charge is 0.162 e. The number of Topliss-reactive ketones (excluding diaryl/α,β-unsaturated/α-hetero) is 1. The Bertz CT molecular complexity index is 368. The highest BCUT2D eigenvalue weighted by Gasteiger charge is 2.16. The summed E-state index contributed by atoms with van der Waals surface area (Å²) in [5.74, 6) is 0.174. The van der Waals surface area contributed by atoms with E-state index in [2.05, 4.69) is 19.2 Å². The van der Waals surface area contributed by atoms with Crippen molar-refractivity contribution in [1.29, 1.82) is 0 Å². The van der Waals surface area contributed by atoms with Crippen molar-refractivity contribution in [3.8, 4) is 0 Å². The van der Waals surface area contributed by atoms with Crippen molar-refractivity contribution in [3.63, 3.8) is 0 Å². The van der Waals surface area contributed by atoms with Gasteiger partial charge in [-0.2, -0.15) is 0 Å². The van der Waals surface area contributed by atoms with Crippen molar-refractivity contribution in [3.05, 3.63) is 29.8 Å². The number of ketones is 1. The lowest BCUT2D eigenvalue weighted by molar-refractivity contribution is 0.0988. The maximum absolute atomic E-state index is 11.5. The molecule has 0 fully saturated rings. The molecule has 0 saturated carbocycles. The summed E-state index contributed by atoms with van der Waals surface area (Å²) in [5.41, 5.74) is 1.65. The summed E-state index contributed by atoms with van der Waals surface area (Å²) in [6.45, 7) is 6.64. The average Bonchev–Trinajstić information content (AvgIpc) is 2.28. The summed E-state index contributed by atoms with van der Waals surface area (Å²) in [4.78, 5) is 11.5. The Morgan fingerprint density at radius 2 is 1.88 bits per heavy atom. The third-order valence-electron chi connectivity index (χ3n) is 2.52. The molecule has 1 N–H and O–H groups in total. The largest absolute Gasteiger partial charge is 0.382 e. The number of rotatable bonds is 6. The molecule has 0 heterocycles. The van der Waals surface area contributed by atoms with Gasteiger partial charge in [0.05, 0.1) is 12.1 Å². The van der Waals surface area contributed by atoms with Gasteiger partial charge in [0.15, 0.2) is 5.78 Å². The van der Waals surface area contributed by atoms with Gasteiger partial charge >= 0.3 is 0 Å². The van der Waals surface area contributed by atoms with E-state index in [1.54, 1.807) is 7.11 Å². The second kappa shape index (κ2) is 5.82. The maximum atomic E-state index is 11.5. The molecule has 1 rings (SSSR count). The highest BCUT2D eigenvalue weighted by atomic mass is 16.5. The highest BCUT2D eigenvalue weighted by molar-refractivity contribution is 5.96. The van der Waals surface area contributed by atoms with Crippen LogP contribution in [0.3, 0.4) is 0 Å². The number of hydrogen-bond donors (Lipinski definition) is 1. The van der Waals surface area contributed by atoms with Gasteiger partial charge < -0.3 is 10.1 Å². The number of carbonyl (C=O) groups excluding carboxylic acids is 1. The second-order valence-electron chi connectivity index (χ2n) is 4.80. The molecule has 0 amide bonds. The zero-order valence-electron chi connectivity index (χ0n) is 11.0. The van der Waals surface area contributed by atoms with E-state index in [0.717, 1.165) is 11.3 Å². The van der Waals surface area contributed by atoms with Gasteiger partial charge in [0, 0.05) is 24.8 Å². The molecule has 1 aromatic rings. The first-order valence-electron chi connectivity index (χ1n) is 5.89. The molecule has 0 atom stereocenters. The molecule has 0 aliphatic heterocycles. The number of benzene rings is 1. The summed E-state index contributed by atoms with van der Waals surface area (Å²) in [6.07, 6.45) is 0.544. The summed E-state index contributed by atoms with van der Waals surface area (Å²) in [5, 5.41) is 3.37. The van der Waals surface area contributed by atoms with Gasteiger partial charge in [-0.25, -0.2) is 0 Å². The molecule has 0 saturated heterocycles. The van der Waals surface area contributed by atoms with Crippen molar-refractivity contribution < 1.29 is 9.53 Å². The molecule has 1 aromatic carbocycles. The minimum atomic E-state index is -0.120. The minimum Gasteiger partial charge on any atom is -0.382 e. The molecule has 94 valence electrons. The van der Waals surface area contributed by atoms with Gasteiger partial charge in [-0.15, -0.1) is 0 Å². The highest BCUT2D eigenvalue weighted by Crippen LogP contribution is 2.16. The molecule has 17 heavy (non-hydrogen) atoms. The standard InChI is InChI=1S/C14H21NO2/c1-5-13(16)11-6-8-12(9-7-11)15-14(2,3)10-17-4/h6-9,15H,5,10H2,1-4H3. The van der Waals surface area contributed by atoms with Crippen LogP contribution in [0.1, 0.15) is 37.6 Å². The maximum Gasteiger partial charge on any atom is 0.162 e. The van der Waals surface area contributed by atoms with Gasteiger partial charge in [-0.05, 0) is 38.1 Å². The van der Waals surface area contributed by atoms with Crippen molar-refractivity contribution in [2.45, 2.75) is 32.7 Å². The molecule has 0 aromatic heterocycles. The van der Waals surface area contributed by atoms with Gasteiger partial charge in [-0.3, -0.25) is 4.79 Å². The van der Waals surface area contributed by atoms with Gasteiger partial charge in [0.2, 0.25) is 0 Å². The fourth-order valence-electron chi connectivity index (χ4n) is 1.73. The molecule has 0 aliphatic rings. The zero-order chi connectivity index (χ0) is 12.9. The van der Waals surface area contributed by atoms with E-state index in [9.17, 15) is 4.79 Å². The van der Waals surface area contributed by atoms with E-state index < -0.39 is 0 Å². The molecule has 0 aliphatic carbocycles. The van der Waals surface area contributed by atoms with Gasteiger partial charge in [-0.1, -0.05) is 6.92 Å². The fourth-order valence-corrected chi connectivity index (χ4v) is 1.73.